The molecule has 0 spiro atoms. The van der Waals surface area contributed by atoms with Gasteiger partial charge in [-0.3, -0.25) is 20.4 Å². The van der Waals surface area contributed by atoms with Crippen molar-refractivity contribution in [2.75, 3.05) is 13.1 Å². The summed E-state index contributed by atoms with van der Waals surface area (Å²) in [5, 5.41) is 0. The molecular weight excluding hydrogens is 342 g/mol. The maximum absolute atomic E-state index is 12.6. The predicted octanol–water partition coefficient (Wildman–Crippen LogP) is 0.786. The molecule has 1 saturated carbocycles. The minimum atomic E-state index is -3.47. The highest BCUT2D eigenvalue weighted by Gasteiger charge is 2.34. The van der Waals surface area contributed by atoms with Crippen molar-refractivity contribution in [2.24, 2.45) is 11.8 Å². The third kappa shape index (κ3) is 4.79. The number of hydrazine groups is 1. The van der Waals surface area contributed by atoms with Gasteiger partial charge in [0.2, 0.25) is 21.8 Å². The third-order valence-electron chi connectivity index (χ3n) is 4.60. The number of nitrogens with zero attached hydrogens (tertiary/aromatic N) is 1. The quantitative estimate of drug-likeness (QED) is 0.754. The second-order valence-electron chi connectivity index (χ2n) is 6.69. The number of benzene rings is 1. The van der Waals surface area contributed by atoms with Crippen molar-refractivity contribution in [3.8, 4) is 0 Å². The fraction of sp³-hybridized carbons (Fsp3) is 0.529. The Morgan fingerprint density at radius 2 is 1.64 bits per heavy atom. The minimum Gasteiger partial charge on any atom is -0.273 e. The summed E-state index contributed by atoms with van der Waals surface area (Å²) < 4.78 is 26.6. The topological polar surface area (TPSA) is 95.6 Å². The van der Waals surface area contributed by atoms with Crippen molar-refractivity contribution in [1.82, 2.24) is 15.2 Å². The Kier molecular flexibility index (Phi) is 5.39. The van der Waals surface area contributed by atoms with E-state index in [2.05, 4.69) is 10.9 Å². The van der Waals surface area contributed by atoms with Crippen LogP contribution in [0.15, 0.2) is 30.3 Å². The van der Waals surface area contributed by atoms with Crippen molar-refractivity contribution in [3.05, 3.63) is 35.9 Å². The van der Waals surface area contributed by atoms with E-state index in [0.717, 1.165) is 18.4 Å². The molecule has 1 atom stereocenters. The molecule has 1 aliphatic heterocycles. The number of sulfonamides is 1. The van der Waals surface area contributed by atoms with Crippen LogP contribution in [-0.4, -0.2) is 37.6 Å². The van der Waals surface area contributed by atoms with Crippen molar-refractivity contribution in [2.45, 2.75) is 31.4 Å². The number of rotatable bonds is 5. The van der Waals surface area contributed by atoms with Gasteiger partial charge in [0.25, 0.3) is 0 Å². The van der Waals surface area contributed by atoms with Gasteiger partial charge in [0.15, 0.2) is 0 Å². The molecule has 0 aromatic heterocycles. The molecule has 7 nitrogen and oxygen atoms in total. The molecule has 136 valence electrons. The lowest BCUT2D eigenvalue weighted by Gasteiger charge is -2.31. The van der Waals surface area contributed by atoms with Crippen molar-refractivity contribution < 1.29 is 18.0 Å². The lowest BCUT2D eigenvalue weighted by atomic mass is 9.99. The molecule has 0 unspecified atom stereocenters. The largest absolute Gasteiger partial charge is 0.273 e. The standard InChI is InChI=1S/C17H23N3O4S/c21-16(14-8-9-14)18-19-17(22)15-7-4-10-20(11-15)25(23,24)12-13-5-2-1-3-6-13/h1-3,5-6,14-15H,4,7-12H2,(H,18,21)(H,19,22)/t15-/m0/s1. The zero-order valence-corrected chi connectivity index (χ0v) is 14.8. The lowest BCUT2D eigenvalue weighted by molar-refractivity contribution is -0.132. The van der Waals surface area contributed by atoms with E-state index in [4.69, 9.17) is 0 Å². The summed E-state index contributed by atoms with van der Waals surface area (Å²) in [6.45, 7) is 0.577. The Morgan fingerprint density at radius 1 is 1.00 bits per heavy atom. The van der Waals surface area contributed by atoms with Crippen LogP contribution >= 0.6 is 0 Å². The molecular formula is C17H23N3O4S. The second-order valence-corrected chi connectivity index (χ2v) is 8.66. The van der Waals surface area contributed by atoms with Gasteiger partial charge < -0.3 is 0 Å². The van der Waals surface area contributed by atoms with Gasteiger partial charge in [-0.1, -0.05) is 30.3 Å². The van der Waals surface area contributed by atoms with E-state index in [1.54, 1.807) is 24.3 Å². The number of hydrogen-bond donors (Lipinski definition) is 2. The number of carbonyl (C=O) groups excluding carboxylic acids is 2. The van der Waals surface area contributed by atoms with Crippen LogP contribution in [0.5, 0.6) is 0 Å². The van der Waals surface area contributed by atoms with Crippen molar-refractivity contribution in [3.63, 3.8) is 0 Å². The smallest absolute Gasteiger partial charge is 0.242 e. The molecule has 2 aliphatic rings. The molecule has 2 amide bonds. The minimum absolute atomic E-state index is 0.00871. The number of nitrogens with one attached hydrogen (secondary N) is 2. The zero-order valence-electron chi connectivity index (χ0n) is 14.0. The SMILES string of the molecule is O=C(NNC(=O)[C@H]1CCCN(S(=O)(=O)Cc2ccccc2)C1)C1CC1. The average Bonchev–Trinajstić information content (AvgIpc) is 3.45. The lowest BCUT2D eigenvalue weighted by Crippen LogP contribution is -2.50. The van der Waals surface area contributed by atoms with E-state index in [0.29, 0.717) is 19.4 Å². The van der Waals surface area contributed by atoms with Gasteiger partial charge in [-0.15, -0.1) is 0 Å². The van der Waals surface area contributed by atoms with Gasteiger partial charge in [-0.25, -0.2) is 12.7 Å². The van der Waals surface area contributed by atoms with E-state index in [9.17, 15) is 18.0 Å². The Hall–Kier alpha value is -1.93. The molecule has 2 fully saturated rings. The van der Waals surface area contributed by atoms with E-state index in [1.165, 1.54) is 4.31 Å². The van der Waals surface area contributed by atoms with Crippen LogP contribution in [0.1, 0.15) is 31.2 Å². The zero-order chi connectivity index (χ0) is 17.9. The molecule has 0 radical (unpaired) electrons. The fourth-order valence-corrected chi connectivity index (χ4v) is 4.57. The Morgan fingerprint density at radius 3 is 2.28 bits per heavy atom. The molecule has 1 heterocycles. The Balaban J connectivity index is 1.56. The van der Waals surface area contributed by atoms with E-state index in [1.807, 2.05) is 6.07 Å². The van der Waals surface area contributed by atoms with Crippen LogP contribution in [0.25, 0.3) is 0 Å². The van der Waals surface area contributed by atoms with E-state index >= 15 is 0 Å². The van der Waals surface area contributed by atoms with Crippen LogP contribution < -0.4 is 10.9 Å². The molecule has 25 heavy (non-hydrogen) atoms. The highest BCUT2D eigenvalue weighted by molar-refractivity contribution is 7.88. The Bertz CT molecular complexity index is 732. The predicted molar refractivity (Wildman–Crippen MR) is 92.4 cm³/mol. The summed E-state index contributed by atoms with van der Waals surface area (Å²) >= 11 is 0. The molecule has 2 N–H and O–H groups in total. The first-order valence-corrected chi connectivity index (χ1v) is 10.2. The van der Waals surface area contributed by atoms with Gasteiger partial charge in [-0.05, 0) is 31.2 Å². The van der Waals surface area contributed by atoms with Crippen molar-refractivity contribution >= 4 is 21.8 Å². The summed E-state index contributed by atoms with van der Waals surface area (Å²) in [4.78, 5) is 23.8. The van der Waals surface area contributed by atoms with Crippen LogP contribution in [0.3, 0.4) is 0 Å². The molecule has 0 bridgehead atoms. The number of amides is 2. The molecule has 8 heteroatoms. The number of piperidine rings is 1. The normalized spacial score (nSPS) is 21.5. The van der Waals surface area contributed by atoms with Gasteiger partial charge in [0.05, 0.1) is 11.7 Å². The Labute approximate surface area is 147 Å². The maximum Gasteiger partial charge on any atom is 0.242 e. The summed E-state index contributed by atoms with van der Waals surface area (Å²) in [6, 6.07) is 9.01. The van der Waals surface area contributed by atoms with Gasteiger partial charge in [-0.2, -0.15) is 0 Å². The summed E-state index contributed by atoms with van der Waals surface area (Å²) in [7, 11) is -3.47. The molecule has 1 aromatic rings. The van der Waals surface area contributed by atoms with Crippen LogP contribution in [0, 0.1) is 11.8 Å². The van der Waals surface area contributed by atoms with Gasteiger partial charge in [0.1, 0.15) is 0 Å². The number of hydrogen-bond acceptors (Lipinski definition) is 4. The summed E-state index contributed by atoms with van der Waals surface area (Å²) in [6.07, 6.45) is 2.96. The second kappa shape index (κ2) is 7.53. The van der Waals surface area contributed by atoms with Crippen molar-refractivity contribution in [1.29, 1.82) is 0 Å². The van der Waals surface area contributed by atoms with E-state index in [-0.39, 0.29) is 30.0 Å². The summed E-state index contributed by atoms with van der Waals surface area (Å²) in [5.41, 5.74) is 5.59. The molecule has 1 aliphatic carbocycles. The average molecular weight is 365 g/mol. The number of carbonyl (C=O) groups is 2. The summed E-state index contributed by atoms with van der Waals surface area (Å²) in [5.74, 6) is -1.000. The maximum atomic E-state index is 12.6. The fourth-order valence-electron chi connectivity index (χ4n) is 2.96. The monoisotopic (exact) mass is 365 g/mol. The first-order valence-electron chi connectivity index (χ1n) is 8.57. The van der Waals surface area contributed by atoms with Crippen LogP contribution in [0.4, 0.5) is 0 Å². The molecule has 3 rings (SSSR count). The highest BCUT2D eigenvalue weighted by atomic mass is 32.2. The van der Waals surface area contributed by atoms with Crippen LogP contribution in [-0.2, 0) is 25.4 Å². The third-order valence-corrected chi connectivity index (χ3v) is 6.41. The van der Waals surface area contributed by atoms with E-state index < -0.39 is 15.9 Å². The van der Waals surface area contributed by atoms with Gasteiger partial charge in [0, 0.05) is 19.0 Å². The molecule has 1 saturated heterocycles. The first-order chi connectivity index (χ1) is 12.0. The molecule has 1 aromatic carbocycles. The van der Waals surface area contributed by atoms with Crippen LogP contribution in [0.2, 0.25) is 0 Å². The highest BCUT2D eigenvalue weighted by Crippen LogP contribution is 2.28. The first kappa shape index (κ1) is 17.9. The van der Waals surface area contributed by atoms with Gasteiger partial charge >= 0.3 is 0 Å².